The van der Waals surface area contributed by atoms with Crippen molar-refractivity contribution < 1.29 is 21.6 Å². The molecule has 1 aromatic heterocycles. The Morgan fingerprint density at radius 1 is 0.935 bits per heavy atom. The Hall–Kier alpha value is -1.79. The van der Waals surface area contributed by atoms with Gasteiger partial charge < -0.3 is 5.32 Å². The molecule has 0 aliphatic carbocycles. The largest absolute Gasteiger partial charge is 0.326 e. The van der Waals surface area contributed by atoms with E-state index in [0.717, 1.165) is 24.2 Å². The van der Waals surface area contributed by atoms with Gasteiger partial charge in [0.2, 0.25) is 15.9 Å². The monoisotopic (exact) mass is 483 g/mol. The molecule has 1 aromatic carbocycles. The number of amides is 1. The second kappa shape index (κ2) is 8.99. The number of carbonyl (C=O) groups excluding carboxylic acids is 1. The number of carbonyl (C=O) groups is 1. The van der Waals surface area contributed by atoms with Gasteiger partial charge in [0.25, 0.3) is 10.0 Å². The van der Waals surface area contributed by atoms with Gasteiger partial charge in [0.15, 0.2) is 0 Å². The van der Waals surface area contributed by atoms with Crippen molar-refractivity contribution in [3.05, 3.63) is 41.8 Å². The normalized spacial score (nSPS) is 21.2. The van der Waals surface area contributed by atoms with Gasteiger partial charge in [-0.1, -0.05) is 12.1 Å². The van der Waals surface area contributed by atoms with Crippen molar-refractivity contribution in [2.75, 3.05) is 31.5 Å². The van der Waals surface area contributed by atoms with Gasteiger partial charge in [0.1, 0.15) is 4.21 Å². The van der Waals surface area contributed by atoms with E-state index in [1.807, 2.05) is 0 Å². The summed E-state index contributed by atoms with van der Waals surface area (Å²) in [6, 6.07) is 9.50. The number of piperidine rings is 1. The van der Waals surface area contributed by atoms with Crippen molar-refractivity contribution >= 4 is 43.0 Å². The number of hydrogen-bond donors (Lipinski definition) is 1. The fourth-order valence-corrected chi connectivity index (χ4v) is 8.20. The summed E-state index contributed by atoms with van der Waals surface area (Å²) in [6.07, 6.45) is 2.87. The summed E-state index contributed by atoms with van der Waals surface area (Å²) in [6.45, 7) is 1.51. The molecule has 3 heterocycles. The number of hydrogen-bond acceptors (Lipinski definition) is 6. The number of nitrogens with zero attached hydrogens (tertiary/aromatic N) is 2. The predicted molar refractivity (Wildman–Crippen MR) is 119 cm³/mol. The molecule has 0 unspecified atom stereocenters. The maximum Gasteiger partial charge on any atom is 0.252 e. The van der Waals surface area contributed by atoms with E-state index in [0.29, 0.717) is 38.2 Å². The first-order valence-corrected chi connectivity index (χ1v) is 14.0. The smallest absolute Gasteiger partial charge is 0.252 e. The SMILES string of the molecule is O=C(Nc1cccc(S(=O)(=O)N2CCCC2)c1)[C@@H]1CCCN(S(=O)(=O)c2cccs2)C1. The Labute approximate surface area is 187 Å². The third kappa shape index (κ3) is 4.70. The first-order chi connectivity index (χ1) is 14.8. The fourth-order valence-electron chi connectivity index (χ4n) is 3.97. The molecule has 2 aliphatic heterocycles. The van der Waals surface area contributed by atoms with Crippen LogP contribution in [0.4, 0.5) is 5.69 Å². The van der Waals surface area contributed by atoms with Crippen LogP contribution in [-0.4, -0.2) is 57.5 Å². The third-order valence-corrected chi connectivity index (χ3v) is 10.8. The number of anilines is 1. The Bertz CT molecular complexity index is 1140. The number of rotatable bonds is 6. The zero-order chi connectivity index (χ0) is 22.1. The highest BCUT2D eigenvalue weighted by Gasteiger charge is 2.34. The summed E-state index contributed by atoms with van der Waals surface area (Å²) in [7, 11) is -7.19. The van der Waals surface area contributed by atoms with Crippen molar-refractivity contribution in [3.63, 3.8) is 0 Å². The van der Waals surface area contributed by atoms with Gasteiger partial charge in [-0.15, -0.1) is 11.3 Å². The van der Waals surface area contributed by atoms with E-state index >= 15 is 0 Å². The zero-order valence-electron chi connectivity index (χ0n) is 16.9. The molecule has 1 amide bonds. The minimum absolute atomic E-state index is 0.109. The van der Waals surface area contributed by atoms with E-state index < -0.39 is 26.0 Å². The standard InChI is InChI=1S/C20H25N3O5S3/c24-20(16-6-4-12-23(15-16)31(27,28)19-9-5-13-29-19)21-17-7-3-8-18(14-17)30(25,26)22-10-1-2-11-22/h3,5,7-9,13-14,16H,1-2,4,6,10-12,15H2,(H,21,24)/t16-/m1/s1. The van der Waals surface area contributed by atoms with E-state index in [-0.39, 0.29) is 21.6 Å². The van der Waals surface area contributed by atoms with Crippen LogP contribution in [0.3, 0.4) is 0 Å². The van der Waals surface area contributed by atoms with Crippen molar-refractivity contribution in [2.45, 2.75) is 34.8 Å². The van der Waals surface area contributed by atoms with E-state index in [4.69, 9.17) is 0 Å². The average Bonchev–Trinajstić information content (AvgIpc) is 3.48. The van der Waals surface area contributed by atoms with Crippen LogP contribution in [0.15, 0.2) is 50.9 Å². The van der Waals surface area contributed by atoms with Gasteiger partial charge in [-0.05, 0) is 55.3 Å². The molecule has 31 heavy (non-hydrogen) atoms. The minimum atomic E-state index is -3.61. The van der Waals surface area contributed by atoms with Crippen LogP contribution in [0.2, 0.25) is 0 Å². The lowest BCUT2D eigenvalue weighted by Crippen LogP contribution is -2.43. The predicted octanol–water partition coefficient (Wildman–Crippen LogP) is 2.57. The summed E-state index contributed by atoms with van der Waals surface area (Å²) < 4.78 is 54.2. The molecular weight excluding hydrogens is 458 g/mol. The molecule has 2 aliphatic rings. The molecule has 0 spiro atoms. The highest BCUT2D eigenvalue weighted by molar-refractivity contribution is 7.91. The first kappa shape index (κ1) is 22.4. The molecule has 1 N–H and O–H groups in total. The quantitative estimate of drug-likeness (QED) is 0.680. The first-order valence-electron chi connectivity index (χ1n) is 10.2. The molecule has 2 fully saturated rings. The summed E-state index contributed by atoms with van der Waals surface area (Å²) in [4.78, 5) is 13.0. The molecule has 168 valence electrons. The Morgan fingerprint density at radius 2 is 1.68 bits per heavy atom. The van der Waals surface area contributed by atoms with E-state index in [9.17, 15) is 21.6 Å². The topological polar surface area (TPSA) is 104 Å². The van der Waals surface area contributed by atoms with Crippen LogP contribution in [0.1, 0.15) is 25.7 Å². The summed E-state index contributed by atoms with van der Waals surface area (Å²) >= 11 is 1.16. The Kier molecular flexibility index (Phi) is 6.50. The van der Waals surface area contributed by atoms with Crippen LogP contribution >= 0.6 is 11.3 Å². The number of sulfonamides is 2. The lowest BCUT2D eigenvalue weighted by atomic mass is 9.99. The molecule has 4 rings (SSSR count). The van der Waals surface area contributed by atoms with Crippen molar-refractivity contribution in [3.8, 4) is 0 Å². The van der Waals surface area contributed by atoms with Crippen molar-refractivity contribution in [1.82, 2.24) is 8.61 Å². The molecular formula is C20H25N3O5S3. The van der Waals surface area contributed by atoms with Gasteiger partial charge in [-0.25, -0.2) is 16.8 Å². The minimum Gasteiger partial charge on any atom is -0.326 e. The van der Waals surface area contributed by atoms with Crippen LogP contribution in [0.25, 0.3) is 0 Å². The van der Waals surface area contributed by atoms with Crippen LogP contribution in [0, 0.1) is 5.92 Å². The van der Waals surface area contributed by atoms with Crippen molar-refractivity contribution in [1.29, 1.82) is 0 Å². The number of thiophene rings is 1. The molecule has 1 atom stereocenters. The fraction of sp³-hybridized carbons (Fsp3) is 0.450. The third-order valence-electron chi connectivity index (χ3n) is 5.65. The van der Waals surface area contributed by atoms with Gasteiger partial charge in [0, 0.05) is 31.9 Å². The molecule has 11 heteroatoms. The molecule has 0 bridgehead atoms. The summed E-state index contributed by atoms with van der Waals surface area (Å²) in [5.74, 6) is -0.802. The van der Waals surface area contributed by atoms with Crippen LogP contribution < -0.4 is 5.32 Å². The second-order valence-corrected chi connectivity index (χ2v) is 12.8. The Morgan fingerprint density at radius 3 is 2.39 bits per heavy atom. The Balaban J connectivity index is 1.46. The maximum absolute atomic E-state index is 12.9. The van der Waals surface area contributed by atoms with Crippen molar-refractivity contribution in [2.24, 2.45) is 5.92 Å². The molecule has 2 saturated heterocycles. The van der Waals surface area contributed by atoms with Gasteiger partial charge in [-0.2, -0.15) is 8.61 Å². The lowest BCUT2D eigenvalue weighted by molar-refractivity contribution is -0.120. The maximum atomic E-state index is 12.9. The second-order valence-electron chi connectivity index (χ2n) is 7.76. The zero-order valence-corrected chi connectivity index (χ0v) is 19.4. The number of benzene rings is 1. The lowest BCUT2D eigenvalue weighted by Gasteiger charge is -2.30. The highest BCUT2D eigenvalue weighted by Crippen LogP contribution is 2.28. The van der Waals surface area contributed by atoms with Crippen LogP contribution in [0.5, 0.6) is 0 Å². The molecule has 0 radical (unpaired) electrons. The summed E-state index contributed by atoms with van der Waals surface area (Å²) in [5.41, 5.74) is 0.392. The van der Waals surface area contributed by atoms with E-state index in [1.54, 1.807) is 29.6 Å². The molecule has 8 nitrogen and oxygen atoms in total. The highest BCUT2D eigenvalue weighted by atomic mass is 32.2. The van der Waals surface area contributed by atoms with Gasteiger partial charge in [-0.3, -0.25) is 4.79 Å². The molecule has 2 aromatic rings. The van der Waals surface area contributed by atoms with E-state index in [2.05, 4.69) is 5.32 Å². The average molecular weight is 484 g/mol. The van der Waals surface area contributed by atoms with Gasteiger partial charge >= 0.3 is 0 Å². The van der Waals surface area contributed by atoms with Crippen LogP contribution in [-0.2, 0) is 24.8 Å². The molecule has 0 saturated carbocycles. The summed E-state index contributed by atoms with van der Waals surface area (Å²) in [5, 5.41) is 4.49. The van der Waals surface area contributed by atoms with Gasteiger partial charge in [0.05, 0.1) is 10.8 Å². The number of nitrogens with one attached hydrogen (secondary N) is 1. The van der Waals surface area contributed by atoms with E-state index in [1.165, 1.54) is 20.7 Å².